The molecule has 3 aromatic rings. The Balaban J connectivity index is 1.48. The molecule has 1 aliphatic heterocycles. The molecule has 1 aliphatic carbocycles. The topological polar surface area (TPSA) is 77.7 Å². The molecule has 1 unspecified atom stereocenters. The number of H-pyrrole nitrogens is 2. The summed E-state index contributed by atoms with van der Waals surface area (Å²) in [6.07, 6.45) is 6.20. The maximum atomic E-state index is 13.3. The molecule has 6 nitrogen and oxygen atoms in total. The predicted octanol–water partition coefficient (Wildman–Crippen LogP) is 3.76. The average Bonchev–Trinajstić information content (AvgIpc) is 3.39. The maximum Gasteiger partial charge on any atom is 0.275 e. The Kier molecular flexibility index (Phi) is 3.81. The molecule has 1 aromatic carbocycles. The number of aryl methyl sites for hydroxylation is 3. The zero-order valence-corrected chi connectivity index (χ0v) is 15.9. The van der Waals surface area contributed by atoms with Crippen LogP contribution in [0.4, 0.5) is 0 Å². The number of imidazole rings is 1. The lowest BCUT2D eigenvalue weighted by Gasteiger charge is -2.23. The smallest absolute Gasteiger partial charge is 0.275 e. The molecule has 0 saturated carbocycles. The third-order valence-electron chi connectivity index (χ3n) is 6.20. The van der Waals surface area contributed by atoms with Gasteiger partial charge in [0.25, 0.3) is 5.91 Å². The van der Waals surface area contributed by atoms with Crippen LogP contribution in [0, 0.1) is 13.8 Å². The summed E-state index contributed by atoms with van der Waals surface area (Å²) in [4.78, 5) is 23.5. The second-order valence-corrected chi connectivity index (χ2v) is 7.97. The van der Waals surface area contributed by atoms with Gasteiger partial charge in [-0.3, -0.25) is 9.89 Å². The number of nitrogens with zero attached hydrogens (tertiary/aromatic N) is 3. The first-order chi connectivity index (χ1) is 13.1. The van der Waals surface area contributed by atoms with Crippen LogP contribution in [0.2, 0.25) is 0 Å². The normalized spacial score (nSPS) is 19.6. The Morgan fingerprint density at radius 1 is 1.15 bits per heavy atom. The highest BCUT2D eigenvalue weighted by molar-refractivity contribution is 5.94. The van der Waals surface area contributed by atoms with Crippen molar-refractivity contribution in [3.8, 4) is 0 Å². The number of fused-ring (bicyclic) bond motifs is 2. The molecular formula is C21H25N5O. The zero-order valence-electron chi connectivity index (χ0n) is 15.9. The molecule has 1 saturated heterocycles. The largest absolute Gasteiger partial charge is 0.340 e. The van der Waals surface area contributed by atoms with Crippen molar-refractivity contribution in [2.24, 2.45) is 0 Å². The van der Waals surface area contributed by atoms with Crippen LogP contribution in [0.1, 0.15) is 70.4 Å². The first-order valence-electron chi connectivity index (χ1n) is 9.96. The lowest BCUT2D eigenvalue weighted by molar-refractivity contribution is 0.0723. The van der Waals surface area contributed by atoms with Gasteiger partial charge in [0, 0.05) is 17.8 Å². The van der Waals surface area contributed by atoms with Gasteiger partial charge in [0.05, 0.1) is 17.1 Å². The zero-order chi connectivity index (χ0) is 18.5. The van der Waals surface area contributed by atoms with E-state index in [1.165, 1.54) is 17.5 Å². The number of hydrogen-bond acceptors (Lipinski definition) is 3. The number of carbonyl (C=O) groups is 1. The van der Waals surface area contributed by atoms with Gasteiger partial charge in [-0.05, 0) is 75.6 Å². The molecule has 1 atom stereocenters. The van der Waals surface area contributed by atoms with Crippen molar-refractivity contribution in [3.05, 3.63) is 46.0 Å². The predicted molar refractivity (Wildman–Crippen MR) is 104 cm³/mol. The summed E-state index contributed by atoms with van der Waals surface area (Å²) < 4.78 is 0. The molecule has 2 N–H and O–H groups in total. The number of nitrogens with one attached hydrogen (secondary N) is 2. The van der Waals surface area contributed by atoms with Gasteiger partial charge >= 0.3 is 0 Å². The molecule has 0 spiro atoms. The lowest BCUT2D eigenvalue weighted by atomic mass is 9.95. The molecule has 2 aliphatic rings. The molecular weight excluding hydrogens is 338 g/mol. The van der Waals surface area contributed by atoms with Gasteiger partial charge < -0.3 is 9.88 Å². The number of amides is 1. The number of carbonyl (C=O) groups excluding carboxylic acids is 1. The summed E-state index contributed by atoms with van der Waals surface area (Å²) in [6.45, 7) is 4.98. The van der Waals surface area contributed by atoms with Crippen LogP contribution in [-0.2, 0) is 12.8 Å². The summed E-state index contributed by atoms with van der Waals surface area (Å²) in [5, 5.41) is 7.49. The maximum absolute atomic E-state index is 13.3. The fraction of sp³-hybridized carbons (Fsp3) is 0.476. The highest BCUT2D eigenvalue weighted by Gasteiger charge is 2.35. The van der Waals surface area contributed by atoms with Crippen LogP contribution in [0.15, 0.2) is 12.1 Å². The van der Waals surface area contributed by atoms with Gasteiger partial charge in [-0.2, -0.15) is 5.10 Å². The van der Waals surface area contributed by atoms with E-state index >= 15 is 0 Å². The molecule has 0 bridgehead atoms. The van der Waals surface area contributed by atoms with Crippen molar-refractivity contribution in [1.82, 2.24) is 25.1 Å². The van der Waals surface area contributed by atoms with E-state index in [0.29, 0.717) is 5.69 Å². The summed E-state index contributed by atoms with van der Waals surface area (Å²) in [5.74, 6) is 0.940. The van der Waals surface area contributed by atoms with E-state index in [9.17, 15) is 4.79 Å². The molecule has 1 fully saturated rings. The first kappa shape index (κ1) is 16.5. The van der Waals surface area contributed by atoms with Gasteiger partial charge in [0.15, 0.2) is 5.69 Å². The van der Waals surface area contributed by atoms with Crippen LogP contribution in [0.3, 0.4) is 0 Å². The fourth-order valence-electron chi connectivity index (χ4n) is 4.53. The number of likely N-dealkylation sites (tertiary alicyclic amines) is 1. The van der Waals surface area contributed by atoms with Crippen LogP contribution >= 0.6 is 0 Å². The Morgan fingerprint density at radius 2 is 1.96 bits per heavy atom. The summed E-state index contributed by atoms with van der Waals surface area (Å²) >= 11 is 0. The molecule has 2 aromatic heterocycles. The van der Waals surface area contributed by atoms with Crippen molar-refractivity contribution in [2.45, 2.75) is 58.4 Å². The number of benzene rings is 1. The molecule has 140 valence electrons. The van der Waals surface area contributed by atoms with Crippen LogP contribution in [0.5, 0.6) is 0 Å². The average molecular weight is 363 g/mol. The number of aromatic amines is 2. The number of hydrogen-bond donors (Lipinski definition) is 2. The van der Waals surface area contributed by atoms with E-state index in [4.69, 9.17) is 4.98 Å². The molecule has 5 rings (SSSR count). The second kappa shape index (κ2) is 6.22. The lowest BCUT2D eigenvalue weighted by Crippen LogP contribution is -2.32. The Morgan fingerprint density at radius 3 is 2.85 bits per heavy atom. The van der Waals surface area contributed by atoms with Crippen LogP contribution in [-0.4, -0.2) is 37.5 Å². The molecule has 3 heterocycles. The summed E-state index contributed by atoms with van der Waals surface area (Å²) in [6, 6.07) is 4.27. The molecule has 1 amide bonds. The van der Waals surface area contributed by atoms with E-state index in [-0.39, 0.29) is 11.9 Å². The number of aromatic nitrogens is 4. The van der Waals surface area contributed by atoms with Gasteiger partial charge in [-0.15, -0.1) is 0 Å². The third kappa shape index (κ3) is 2.66. The molecule has 27 heavy (non-hydrogen) atoms. The Labute approximate surface area is 158 Å². The van der Waals surface area contributed by atoms with Crippen molar-refractivity contribution in [1.29, 1.82) is 0 Å². The van der Waals surface area contributed by atoms with Gasteiger partial charge in [0.1, 0.15) is 5.82 Å². The van der Waals surface area contributed by atoms with E-state index < -0.39 is 0 Å². The van der Waals surface area contributed by atoms with Gasteiger partial charge in [-0.25, -0.2) is 4.98 Å². The monoisotopic (exact) mass is 363 g/mol. The fourth-order valence-corrected chi connectivity index (χ4v) is 4.53. The highest BCUT2D eigenvalue weighted by atomic mass is 16.2. The van der Waals surface area contributed by atoms with Crippen molar-refractivity contribution in [2.75, 3.05) is 6.54 Å². The quantitative estimate of drug-likeness (QED) is 0.728. The summed E-state index contributed by atoms with van der Waals surface area (Å²) in [7, 11) is 0. The van der Waals surface area contributed by atoms with Gasteiger partial charge in [0.2, 0.25) is 0 Å². The molecule has 6 heteroatoms. The van der Waals surface area contributed by atoms with E-state index in [1.54, 1.807) is 0 Å². The van der Waals surface area contributed by atoms with Crippen molar-refractivity contribution in [3.63, 3.8) is 0 Å². The minimum absolute atomic E-state index is 0.00135. The SMILES string of the molecule is Cc1cc2nc(C3CCCN3C(=O)c3n[nH]c4c3CCCC4)[nH]c2cc1C. The van der Waals surface area contributed by atoms with E-state index in [2.05, 4.69) is 41.2 Å². The van der Waals surface area contributed by atoms with Gasteiger partial charge in [-0.1, -0.05) is 0 Å². The second-order valence-electron chi connectivity index (χ2n) is 7.97. The van der Waals surface area contributed by atoms with Crippen molar-refractivity contribution >= 4 is 16.9 Å². The first-order valence-corrected chi connectivity index (χ1v) is 9.96. The Hall–Kier alpha value is -2.63. The number of rotatable bonds is 2. The van der Waals surface area contributed by atoms with E-state index in [1.807, 2.05) is 4.90 Å². The molecule has 0 radical (unpaired) electrons. The minimum atomic E-state index is 0.00135. The Bertz CT molecular complexity index is 992. The summed E-state index contributed by atoms with van der Waals surface area (Å²) in [5.41, 5.74) is 7.42. The van der Waals surface area contributed by atoms with Crippen LogP contribution < -0.4 is 0 Å². The highest BCUT2D eigenvalue weighted by Crippen LogP contribution is 2.34. The van der Waals surface area contributed by atoms with E-state index in [0.717, 1.165) is 66.8 Å². The minimum Gasteiger partial charge on any atom is -0.340 e. The van der Waals surface area contributed by atoms with Crippen molar-refractivity contribution < 1.29 is 4.79 Å². The third-order valence-corrected chi connectivity index (χ3v) is 6.20. The van der Waals surface area contributed by atoms with Crippen LogP contribution in [0.25, 0.3) is 11.0 Å². The standard InChI is InChI=1S/C21H25N5O/c1-12-10-16-17(11-13(12)2)23-20(22-16)18-8-5-9-26(18)21(27)19-14-6-3-4-7-15(14)24-25-19/h10-11,18H,3-9H2,1-2H3,(H,22,23)(H,24,25).